The monoisotopic (exact) mass is 388 g/mol. The number of allylic oxidation sites excluding steroid dienone is 2. The number of benzene rings is 1. The molecule has 3 nitrogen and oxygen atoms in total. The summed E-state index contributed by atoms with van der Waals surface area (Å²) in [7, 11) is 0. The van der Waals surface area contributed by atoms with Gasteiger partial charge in [-0.25, -0.2) is 4.79 Å². The van der Waals surface area contributed by atoms with E-state index in [9.17, 15) is 9.59 Å². The highest BCUT2D eigenvalue weighted by molar-refractivity contribution is 5.98. The van der Waals surface area contributed by atoms with E-state index in [0.717, 1.165) is 12.0 Å². The van der Waals surface area contributed by atoms with Gasteiger partial charge in [0, 0.05) is 16.9 Å². The summed E-state index contributed by atoms with van der Waals surface area (Å²) in [5, 5.41) is 0. The first kappa shape index (κ1) is 26.1. The Hall–Kier alpha value is -1.90. The second-order valence-corrected chi connectivity index (χ2v) is 8.19. The minimum Gasteiger partial charge on any atom is -0.427 e. The molecule has 1 aromatic rings. The quantitative estimate of drug-likeness (QED) is 0.523. The maximum atomic E-state index is 12.6. The van der Waals surface area contributed by atoms with E-state index in [1.165, 1.54) is 6.08 Å². The number of ketones is 1. The second kappa shape index (κ2) is 10.0. The fourth-order valence-corrected chi connectivity index (χ4v) is 3.11. The fraction of sp³-hybridized carbons (Fsp3) is 0.600. The van der Waals surface area contributed by atoms with Crippen LogP contribution in [0.5, 0.6) is 0 Å². The largest absolute Gasteiger partial charge is 0.427 e. The molecule has 0 fully saturated rings. The molecule has 0 saturated carbocycles. The number of carbonyl (C=O) groups excluding carboxylic acids is 2. The Morgan fingerprint density at radius 3 is 1.96 bits per heavy atom. The van der Waals surface area contributed by atoms with Crippen LogP contribution in [0.3, 0.4) is 0 Å². The highest BCUT2D eigenvalue weighted by Crippen LogP contribution is 2.58. The van der Waals surface area contributed by atoms with E-state index in [1.54, 1.807) is 6.07 Å². The Labute approximate surface area is 172 Å². The van der Waals surface area contributed by atoms with Gasteiger partial charge in [-0.3, -0.25) is 4.79 Å². The van der Waals surface area contributed by atoms with Crippen molar-refractivity contribution < 1.29 is 14.3 Å². The smallest absolute Gasteiger partial charge is 0.343 e. The van der Waals surface area contributed by atoms with Gasteiger partial charge < -0.3 is 4.74 Å². The molecule has 2 rings (SSSR count). The molecule has 0 N–H and O–H groups in total. The Morgan fingerprint density at radius 1 is 0.929 bits per heavy atom. The maximum absolute atomic E-state index is 12.6. The van der Waals surface area contributed by atoms with Crippen molar-refractivity contribution in [2.24, 2.45) is 16.2 Å². The number of carbonyl (C=O) groups is 2. The molecular formula is C25H40O3. The molecule has 0 atom stereocenters. The molecule has 3 heteroatoms. The highest BCUT2D eigenvalue weighted by atomic mass is 16.5. The van der Waals surface area contributed by atoms with E-state index in [-0.39, 0.29) is 11.2 Å². The van der Waals surface area contributed by atoms with Crippen molar-refractivity contribution in [3.05, 3.63) is 47.2 Å². The van der Waals surface area contributed by atoms with Crippen LogP contribution in [0.1, 0.15) is 92.1 Å². The van der Waals surface area contributed by atoms with Crippen molar-refractivity contribution in [2.45, 2.75) is 82.6 Å². The lowest BCUT2D eigenvalue weighted by Gasteiger charge is -2.53. The number of aryl methyl sites for hydroxylation is 1. The van der Waals surface area contributed by atoms with Gasteiger partial charge in [0.15, 0.2) is 5.78 Å². The lowest BCUT2D eigenvalue weighted by atomic mass is 9.50. The summed E-state index contributed by atoms with van der Waals surface area (Å²) in [6.45, 7) is 22.1. The summed E-state index contributed by atoms with van der Waals surface area (Å²) >= 11 is 0. The third-order valence-electron chi connectivity index (χ3n) is 6.39. The van der Waals surface area contributed by atoms with Crippen LogP contribution < -0.4 is 0 Å². The fourth-order valence-electron chi connectivity index (χ4n) is 3.11. The second-order valence-electron chi connectivity index (χ2n) is 8.19. The van der Waals surface area contributed by atoms with E-state index in [2.05, 4.69) is 13.8 Å². The van der Waals surface area contributed by atoms with Crippen molar-refractivity contribution in [1.29, 1.82) is 0 Å². The normalized spacial score (nSPS) is 18.5. The molecule has 0 unspecified atom stereocenters. The Balaban J connectivity index is 0.00000171. The van der Waals surface area contributed by atoms with E-state index >= 15 is 0 Å². The first-order valence-electron chi connectivity index (χ1n) is 10.5. The third kappa shape index (κ3) is 4.74. The lowest BCUT2D eigenvalue weighted by molar-refractivity contribution is -0.137. The molecule has 0 aromatic heterocycles. The molecule has 0 heterocycles. The Bertz CT molecular complexity index is 706. The predicted octanol–water partition coefficient (Wildman–Crippen LogP) is 7.00. The number of rotatable bonds is 3. The number of hydrogen-bond donors (Lipinski definition) is 0. The molecule has 0 radical (unpaired) electrons. The van der Waals surface area contributed by atoms with E-state index < -0.39 is 16.8 Å². The van der Waals surface area contributed by atoms with Gasteiger partial charge in [-0.15, -0.1) is 0 Å². The van der Waals surface area contributed by atoms with Gasteiger partial charge in [0.1, 0.15) is 5.76 Å². The molecule has 0 amide bonds. The molecule has 0 bridgehead atoms. The van der Waals surface area contributed by atoms with Crippen molar-refractivity contribution in [3.63, 3.8) is 0 Å². The summed E-state index contributed by atoms with van der Waals surface area (Å²) in [6.07, 6.45) is 2.36. The van der Waals surface area contributed by atoms with Gasteiger partial charge in [0.25, 0.3) is 0 Å². The minimum atomic E-state index is -0.519. The topological polar surface area (TPSA) is 43.4 Å². The van der Waals surface area contributed by atoms with Gasteiger partial charge in [-0.2, -0.15) is 0 Å². The standard InChI is InChI=1S/C21H28O3.2C2H6/c1-8-14-10-9-11-15(12-14)18(23)24-17-13-16(22)19(2,3)21(6,7)20(17,4)5;2*1-2/h9-13H,8H2,1-7H3;2*1-2H3. The minimum absolute atomic E-state index is 0.00284. The zero-order valence-corrected chi connectivity index (χ0v) is 19.8. The van der Waals surface area contributed by atoms with Crippen LogP contribution in [0, 0.1) is 16.2 Å². The highest BCUT2D eigenvalue weighted by Gasteiger charge is 2.57. The molecule has 1 aliphatic rings. The number of ether oxygens (including phenoxy) is 1. The van der Waals surface area contributed by atoms with Crippen molar-refractivity contribution >= 4 is 11.8 Å². The molecular weight excluding hydrogens is 348 g/mol. The van der Waals surface area contributed by atoms with Crippen LogP contribution in [-0.2, 0) is 16.0 Å². The summed E-state index contributed by atoms with van der Waals surface area (Å²) in [5.41, 5.74) is 0.281. The van der Waals surface area contributed by atoms with E-state index in [1.807, 2.05) is 80.5 Å². The SMILES string of the molecule is CC.CC.CCc1cccc(C(=O)OC2=CC(=O)C(C)(C)C(C)(C)C2(C)C)c1. The van der Waals surface area contributed by atoms with Crippen LogP contribution in [0.25, 0.3) is 0 Å². The molecule has 158 valence electrons. The van der Waals surface area contributed by atoms with Crippen molar-refractivity contribution in [3.8, 4) is 0 Å². The van der Waals surface area contributed by atoms with Crippen LogP contribution in [-0.4, -0.2) is 11.8 Å². The van der Waals surface area contributed by atoms with Gasteiger partial charge >= 0.3 is 5.97 Å². The van der Waals surface area contributed by atoms with Gasteiger partial charge in [0.05, 0.1) is 5.56 Å². The predicted molar refractivity (Wildman–Crippen MR) is 118 cm³/mol. The van der Waals surface area contributed by atoms with Crippen molar-refractivity contribution in [2.75, 3.05) is 0 Å². The molecule has 0 aliphatic heterocycles. The molecule has 28 heavy (non-hydrogen) atoms. The Kier molecular flexibility index (Phi) is 9.36. The van der Waals surface area contributed by atoms with Crippen LogP contribution in [0.4, 0.5) is 0 Å². The average Bonchev–Trinajstić information content (AvgIpc) is 2.69. The maximum Gasteiger partial charge on any atom is 0.343 e. The molecule has 0 spiro atoms. The summed E-state index contributed by atoms with van der Waals surface area (Å²) in [4.78, 5) is 25.2. The summed E-state index contributed by atoms with van der Waals surface area (Å²) in [6, 6.07) is 7.42. The summed E-state index contributed by atoms with van der Waals surface area (Å²) in [5.74, 6) is 0.0357. The van der Waals surface area contributed by atoms with E-state index in [0.29, 0.717) is 11.3 Å². The average molecular weight is 389 g/mol. The van der Waals surface area contributed by atoms with Crippen molar-refractivity contribution in [1.82, 2.24) is 0 Å². The molecule has 1 aliphatic carbocycles. The van der Waals surface area contributed by atoms with Gasteiger partial charge in [-0.05, 0) is 29.5 Å². The number of hydrogen-bond acceptors (Lipinski definition) is 3. The Morgan fingerprint density at radius 2 is 1.46 bits per heavy atom. The van der Waals surface area contributed by atoms with Crippen LogP contribution in [0.15, 0.2) is 36.1 Å². The zero-order chi connectivity index (χ0) is 22.3. The zero-order valence-electron chi connectivity index (χ0n) is 19.8. The molecule has 1 aromatic carbocycles. The summed E-state index contributed by atoms with van der Waals surface area (Å²) < 4.78 is 5.69. The van der Waals surface area contributed by atoms with Gasteiger partial charge in [-0.1, -0.05) is 88.3 Å². The van der Waals surface area contributed by atoms with Gasteiger partial charge in [0.2, 0.25) is 0 Å². The lowest BCUT2D eigenvalue weighted by Crippen LogP contribution is -2.53. The third-order valence-corrected chi connectivity index (χ3v) is 6.39. The van der Waals surface area contributed by atoms with Crippen LogP contribution >= 0.6 is 0 Å². The first-order valence-corrected chi connectivity index (χ1v) is 10.5. The van der Waals surface area contributed by atoms with Crippen LogP contribution in [0.2, 0.25) is 0 Å². The number of esters is 1. The van der Waals surface area contributed by atoms with E-state index in [4.69, 9.17) is 4.74 Å². The first-order chi connectivity index (χ1) is 12.9. The molecule has 0 saturated heterocycles.